The average molecular weight is 379 g/mol. The van der Waals surface area contributed by atoms with Crippen LogP contribution in [0.2, 0.25) is 0 Å². The van der Waals surface area contributed by atoms with Crippen LogP contribution in [0.1, 0.15) is 94.6 Å². The number of halogens is 2. The largest absolute Gasteiger partial charge is 0.380 e. The lowest BCUT2D eigenvalue weighted by atomic mass is 9.68. The van der Waals surface area contributed by atoms with Crippen LogP contribution in [0.3, 0.4) is 0 Å². The van der Waals surface area contributed by atoms with Crippen LogP contribution in [0.5, 0.6) is 0 Å². The molecule has 0 saturated heterocycles. The van der Waals surface area contributed by atoms with Gasteiger partial charge in [-0.3, -0.25) is 0 Å². The van der Waals surface area contributed by atoms with Crippen LogP contribution >= 0.6 is 0 Å². The van der Waals surface area contributed by atoms with E-state index in [9.17, 15) is 8.78 Å². The van der Waals surface area contributed by atoms with Crippen LogP contribution in [0.25, 0.3) is 0 Å². The van der Waals surface area contributed by atoms with Crippen molar-refractivity contribution in [3.05, 3.63) is 34.9 Å². The number of hydrogen-bond donors (Lipinski definition) is 0. The Morgan fingerprint density at radius 1 is 0.889 bits per heavy atom. The zero-order valence-electron chi connectivity index (χ0n) is 17.1. The van der Waals surface area contributed by atoms with E-state index in [0.717, 1.165) is 36.2 Å². The van der Waals surface area contributed by atoms with E-state index in [2.05, 4.69) is 6.92 Å². The molecule has 0 bridgehead atoms. The minimum atomic E-state index is -0.459. The lowest BCUT2D eigenvalue weighted by molar-refractivity contribution is 0.155. The maximum Gasteiger partial charge on any atom is 0.131 e. The summed E-state index contributed by atoms with van der Waals surface area (Å²) in [5.74, 6) is 2.08. The molecule has 1 aromatic carbocycles. The van der Waals surface area contributed by atoms with Gasteiger partial charge in [-0.15, -0.1) is 0 Å². The summed E-state index contributed by atoms with van der Waals surface area (Å²) in [7, 11) is 1.46. The minimum absolute atomic E-state index is 0.00832. The number of unbranched alkanes of at least 4 members (excludes halogenated alkanes) is 1. The summed E-state index contributed by atoms with van der Waals surface area (Å²) in [5, 5.41) is 0. The van der Waals surface area contributed by atoms with Gasteiger partial charge < -0.3 is 4.74 Å². The standard InChI is InChI=1S/C24H36F2O/c1-3-4-5-17-6-8-18(9-7-17)19-10-12-20(13-11-19)21-14-23(25)22(16-27-2)24(26)15-21/h14-15,17-20H,3-13,16H2,1-2H3/t17-,18-,19-,20-. The van der Waals surface area contributed by atoms with Gasteiger partial charge in [-0.25, -0.2) is 8.78 Å². The van der Waals surface area contributed by atoms with Gasteiger partial charge in [0.2, 0.25) is 0 Å². The molecule has 27 heavy (non-hydrogen) atoms. The molecule has 2 aliphatic rings. The van der Waals surface area contributed by atoms with Crippen molar-refractivity contribution in [2.75, 3.05) is 7.11 Å². The number of methoxy groups -OCH3 is 1. The third-order valence-electron chi connectivity index (χ3n) is 7.22. The molecule has 3 rings (SSSR count). The highest BCUT2D eigenvalue weighted by Gasteiger charge is 2.31. The van der Waals surface area contributed by atoms with Gasteiger partial charge in [0.05, 0.1) is 6.61 Å². The Balaban J connectivity index is 1.51. The van der Waals surface area contributed by atoms with Crippen LogP contribution in [-0.4, -0.2) is 7.11 Å². The Bertz CT molecular complexity index is 561. The molecule has 1 aromatic rings. The molecule has 0 heterocycles. The van der Waals surface area contributed by atoms with E-state index in [1.165, 1.54) is 64.9 Å². The fraction of sp³-hybridized carbons (Fsp3) is 0.750. The molecular weight excluding hydrogens is 342 g/mol. The van der Waals surface area contributed by atoms with Crippen molar-refractivity contribution in [2.24, 2.45) is 17.8 Å². The number of rotatable bonds is 7. The van der Waals surface area contributed by atoms with Crippen molar-refractivity contribution in [1.82, 2.24) is 0 Å². The lowest BCUT2D eigenvalue weighted by Crippen LogP contribution is -2.25. The summed E-state index contributed by atoms with van der Waals surface area (Å²) in [6.07, 6.45) is 14.4. The zero-order chi connectivity index (χ0) is 19.2. The topological polar surface area (TPSA) is 9.23 Å². The zero-order valence-corrected chi connectivity index (χ0v) is 17.1. The van der Waals surface area contributed by atoms with Crippen molar-refractivity contribution in [2.45, 2.75) is 90.1 Å². The molecule has 0 unspecified atom stereocenters. The maximum absolute atomic E-state index is 14.2. The smallest absolute Gasteiger partial charge is 0.131 e. The Kier molecular flexibility index (Phi) is 7.69. The molecule has 2 fully saturated rings. The van der Waals surface area contributed by atoms with E-state index in [1.54, 1.807) is 12.1 Å². The Morgan fingerprint density at radius 3 is 1.96 bits per heavy atom. The molecule has 0 radical (unpaired) electrons. The van der Waals surface area contributed by atoms with Gasteiger partial charge in [0.25, 0.3) is 0 Å². The normalized spacial score (nSPS) is 29.0. The van der Waals surface area contributed by atoms with Gasteiger partial charge in [0, 0.05) is 12.7 Å². The summed E-state index contributed by atoms with van der Waals surface area (Å²) < 4.78 is 33.4. The third kappa shape index (κ3) is 5.31. The van der Waals surface area contributed by atoms with Crippen LogP contribution in [-0.2, 0) is 11.3 Å². The van der Waals surface area contributed by atoms with E-state index < -0.39 is 11.6 Å². The number of ether oxygens (including phenoxy) is 1. The van der Waals surface area contributed by atoms with E-state index >= 15 is 0 Å². The summed E-state index contributed by atoms with van der Waals surface area (Å²) in [5.41, 5.74) is 0.890. The second-order valence-electron chi connectivity index (χ2n) is 8.93. The maximum atomic E-state index is 14.2. The van der Waals surface area contributed by atoms with E-state index in [1.807, 2.05) is 0 Å². The van der Waals surface area contributed by atoms with Gasteiger partial charge in [-0.1, -0.05) is 39.0 Å². The Labute approximate surface area is 163 Å². The molecule has 0 aliphatic heterocycles. The van der Waals surface area contributed by atoms with Gasteiger partial charge in [-0.05, 0) is 79.9 Å². The molecule has 3 heteroatoms. The molecule has 1 nitrogen and oxygen atoms in total. The Hall–Kier alpha value is -0.960. The first-order valence-corrected chi connectivity index (χ1v) is 11.1. The fourth-order valence-corrected chi connectivity index (χ4v) is 5.51. The van der Waals surface area contributed by atoms with Gasteiger partial charge in [-0.2, -0.15) is 0 Å². The highest BCUT2D eigenvalue weighted by molar-refractivity contribution is 5.28. The molecule has 0 N–H and O–H groups in total. The van der Waals surface area contributed by atoms with Crippen LogP contribution in [0, 0.1) is 29.4 Å². The first-order chi connectivity index (χ1) is 13.1. The average Bonchev–Trinajstić information content (AvgIpc) is 2.69. The molecule has 0 aromatic heterocycles. The van der Waals surface area contributed by atoms with E-state index in [0.29, 0.717) is 5.92 Å². The molecular formula is C24H36F2O. The summed E-state index contributed by atoms with van der Waals surface area (Å²) in [4.78, 5) is 0. The molecule has 152 valence electrons. The fourth-order valence-electron chi connectivity index (χ4n) is 5.51. The monoisotopic (exact) mass is 378 g/mol. The molecule has 0 atom stereocenters. The summed E-state index contributed by atoms with van der Waals surface area (Å²) >= 11 is 0. The lowest BCUT2D eigenvalue weighted by Gasteiger charge is -2.38. The minimum Gasteiger partial charge on any atom is -0.380 e. The first-order valence-electron chi connectivity index (χ1n) is 11.1. The molecule has 2 saturated carbocycles. The summed E-state index contributed by atoms with van der Waals surface area (Å²) in [6.45, 7) is 2.28. The van der Waals surface area contributed by atoms with Crippen molar-refractivity contribution in [3.63, 3.8) is 0 Å². The van der Waals surface area contributed by atoms with Crippen LogP contribution < -0.4 is 0 Å². The second kappa shape index (κ2) is 10.0. The predicted octanol–water partition coefficient (Wildman–Crippen LogP) is 7.38. The van der Waals surface area contributed by atoms with Crippen molar-refractivity contribution >= 4 is 0 Å². The predicted molar refractivity (Wildman–Crippen MR) is 107 cm³/mol. The quantitative estimate of drug-likeness (QED) is 0.481. The van der Waals surface area contributed by atoms with Crippen molar-refractivity contribution in [1.29, 1.82) is 0 Å². The highest BCUT2D eigenvalue weighted by Crippen LogP contribution is 2.44. The second-order valence-corrected chi connectivity index (χ2v) is 8.93. The van der Waals surface area contributed by atoms with Gasteiger partial charge >= 0.3 is 0 Å². The molecule has 0 amide bonds. The van der Waals surface area contributed by atoms with Crippen molar-refractivity contribution < 1.29 is 13.5 Å². The Morgan fingerprint density at radius 2 is 1.44 bits per heavy atom. The number of hydrogen-bond acceptors (Lipinski definition) is 1. The SMILES string of the molecule is CCCC[C@H]1CC[C@H]([C@H]2CC[C@H](c3cc(F)c(COC)c(F)c3)CC2)CC1. The molecule has 0 spiro atoms. The van der Waals surface area contributed by atoms with E-state index in [4.69, 9.17) is 4.74 Å². The van der Waals surface area contributed by atoms with E-state index in [-0.39, 0.29) is 12.2 Å². The first kappa shape index (κ1) is 20.8. The summed E-state index contributed by atoms with van der Waals surface area (Å²) in [6, 6.07) is 3.09. The van der Waals surface area contributed by atoms with Gasteiger partial charge in [0.15, 0.2) is 0 Å². The number of benzene rings is 1. The van der Waals surface area contributed by atoms with Gasteiger partial charge in [0.1, 0.15) is 11.6 Å². The van der Waals surface area contributed by atoms with Crippen molar-refractivity contribution in [3.8, 4) is 0 Å². The molecule has 2 aliphatic carbocycles. The van der Waals surface area contributed by atoms with Crippen LogP contribution in [0.4, 0.5) is 8.78 Å². The van der Waals surface area contributed by atoms with Crippen LogP contribution in [0.15, 0.2) is 12.1 Å². The highest BCUT2D eigenvalue weighted by atomic mass is 19.1. The third-order valence-corrected chi connectivity index (χ3v) is 7.22.